The molecule has 1 fully saturated rings. The Morgan fingerprint density at radius 1 is 1.29 bits per heavy atom. The number of carbonyl (C=O) groups excluding carboxylic acids is 1. The molecule has 0 aromatic carbocycles. The summed E-state index contributed by atoms with van der Waals surface area (Å²) in [4.78, 5) is 27.6. The maximum Gasteiger partial charge on any atom is 0.258 e. The average Bonchev–Trinajstić information content (AvgIpc) is 3.53. The number of amides is 1. The van der Waals surface area contributed by atoms with Gasteiger partial charge in [0.05, 0.1) is 41.8 Å². The summed E-state index contributed by atoms with van der Waals surface area (Å²) in [7, 11) is 1.69. The summed E-state index contributed by atoms with van der Waals surface area (Å²) in [5, 5.41) is 4.54. The van der Waals surface area contributed by atoms with Gasteiger partial charge in [0.15, 0.2) is 0 Å². The second-order valence-electron chi connectivity index (χ2n) is 8.05. The lowest BCUT2D eigenvalue weighted by molar-refractivity contribution is 0.0683. The molecule has 3 aromatic heterocycles. The molecule has 8 nitrogen and oxygen atoms in total. The lowest BCUT2D eigenvalue weighted by Gasteiger charge is -2.23. The minimum atomic E-state index is -0.182. The van der Waals surface area contributed by atoms with Crippen LogP contribution in [0.1, 0.15) is 67.1 Å². The summed E-state index contributed by atoms with van der Waals surface area (Å²) in [6.07, 6.45) is 9.66. The molecule has 2 atom stereocenters. The standard InChI is InChI=1S/C23H30N6O2/c1-5-17(6-2)29-15(3)19(12-26-29)23(30)28-14-18(31-4)10-21(28)22-25-13-20(27-22)16-8-7-9-24-11-16/h7-9,11-13,17-18,21H,5-6,10,14H2,1-4H3,(H,25,27)/t18-,21-/m0/s1. The Kier molecular flexibility index (Phi) is 6.18. The van der Waals surface area contributed by atoms with Crippen LogP contribution in [-0.4, -0.2) is 55.3 Å². The molecule has 1 amide bonds. The van der Waals surface area contributed by atoms with E-state index in [4.69, 9.17) is 4.74 Å². The Bertz CT molecular complexity index is 1020. The largest absolute Gasteiger partial charge is 0.380 e. The van der Waals surface area contributed by atoms with E-state index in [2.05, 4.69) is 33.9 Å². The Morgan fingerprint density at radius 2 is 2.10 bits per heavy atom. The van der Waals surface area contributed by atoms with Gasteiger partial charge >= 0.3 is 0 Å². The van der Waals surface area contributed by atoms with E-state index in [1.807, 2.05) is 28.6 Å². The van der Waals surface area contributed by atoms with Crippen molar-refractivity contribution in [3.8, 4) is 11.3 Å². The molecule has 164 valence electrons. The number of hydrogen-bond acceptors (Lipinski definition) is 5. The van der Waals surface area contributed by atoms with Gasteiger partial charge in [0.25, 0.3) is 5.91 Å². The number of likely N-dealkylation sites (tertiary alicyclic amines) is 1. The second-order valence-corrected chi connectivity index (χ2v) is 8.05. The van der Waals surface area contributed by atoms with Gasteiger partial charge in [0.1, 0.15) is 5.82 Å². The van der Waals surface area contributed by atoms with Crippen LogP contribution in [-0.2, 0) is 4.74 Å². The third-order valence-corrected chi connectivity index (χ3v) is 6.30. The molecule has 1 N–H and O–H groups in total. The fourth-order valence-corrected chi connectivity index (χ4v) is 4.42. The summed E-state index contributed by atoms with van der Waals surface area (Å²) in [5.74, 6) is 0.732. The summed E-state index contributed by atoms with van der Waals surface area (Å²) in [6.45, 7) is 6.80. The minimum absolute atomic E-state index is 0.0291. The molecular formula is C23H30N6O2. The van der Waals surface area contributed by atoms with Crippen molar-refractivity contribution in [1.82, 2.24) is 29.6 Å². The number of carbonyl (C=O) groups is 1. The first-order valence-electron chi connectivity index (χ1n) is 10.9. The molecule has 0 saturated carbocycles. The molecule has 0 bridgehead atoms. The van der Waals surface area contributed by atoms with Crippen LogP contribution in [0.5, 0.6) is 0 Å². The summed E-state index contributed by atoms with van der Waals surface area (Å²) in [5.41, 5.74) is 3.40. The van der Waals surface area contributed by atoms with Gasteiger partial charge in [0.2, 0.25) is 0 Å². The van der Waals surface area contributed by atoms with Crippen molar-refractivity contribution in [2.75, 3.05) is 13.7 Å². The van der Waals surface area contributed by atoms with Crippen molar-refractivity contribution in [3.63, 3.8) is 0 Å². The number of methoxy groups -OCH3 is 1. The normalized spacial score (nSPS) is 18.8. The van der Waals surface area contributed by atoms with Crippen molar-refractivity contribution in [3.05, 3.63) is 54.0 Å². The second kappa shape index (κ2) is 9.01. The van der Waals surface area contributed by atoms with Gasteiger partial charge in [-0.1, -0.05) is 13.8 Å². The van der Waals surface area contributed by atoms with Gasteiger partial charge in [-0.25, -0.2) is 4.98 Å². The molecule has 1 aliphatic rings. The molecule has 0 spiro atoms. The van der Waals surface area contributed by atoms with E-state index >= 15 is 0 Å². The van der Waals surface area contributed by atoms with Crippen LogP contribution >= 0.6 is 0 Å². The molecule has 3 aromatic rings. The van der Waals surface area contributed by atoms with Crippen LogP contribution in [0.3, 0.4) is 0 Å². The number of nitrogens with one attached hydrogen (secondary N) is 1. The first kappa shape index (κ1) is 21.2. The number of ether oxygens (including phenoxy) is 1. The predicted molar refractivity (Wildman–Crippen MR) is 118 cm³/mol. The molecule has 8 heteroatoms. The highest BCUT2D eigenvalue weighted by Crippen LogP contribution is 2.34. The Morgan fingerprint density at radius 3 is 2.77 bits per heavy atom. The van der Waals surface area contributed by atoms with Gasteiger partial charge in [-0.15, -0.1) is 0 Å². The van der Waals surface area contributed by atoms with Crippen molar-refractivity contribution in [2.45, 2.75) is 58.2 Å². The Hall–Kier alpha value is -3.00. The highest BCUT2D eigenvalue weighted by Gasteiger charge is 2.39. The maximum absolute atomic E-state index is 13.6. The molecule has 1 aliphatic heterocycles. The van der Waals surface area contributed by atoms with Crippen LogP contribution in [0.2, 0.25) is 0 Å². The van der Waals surface area contributed by atoms with Gasteiger partial charge < -0.3 is 14.6 Å². The zero-order chi connectivity index (χ0) is 22.0. The molecule has 4 heterocycles. The van der Waals surface area contributed by atoms with Crippen LogP contribution in [0, 0.1) is 6.92 Å². The number of pyridine rings is 1. The van der Waals surface area contributed by atoms with Crippen LogP contribution in [0.15, 0.2) is 36.9 Å². The fourth-order valence-electron chi connectivity index (χ4n) is 4.42. The third-order valence-electron chi connectivity index (χ3n) is 6.30. The third kappa shape index (κ3) is 3.99. The number of imidazole rings is 1. The smallest absolute Gasteiger partial charge is 0.258 e. The van der Waals surface area contributed by atoms with E-state index in [9.17, 15) is 4.79 Å². The van der Waals surface area contributed by atoms with Gasteiger partial charge in [-0.3, -0.25) is 14.5 Å². The van der Waals surface area contributed by atoms with Gasteiger partial charge in [-0.05, 0) is 31.9 Å². The minimum Gasteiger partial charge on any atom is -0.380 e. The summed E-state index contributed by atoms with van der Waals surface area (Å²) in [6, 6.07) is 3.99. The number of hydrogen-bond donors (Lipinski definition) is 1. The van der Waals surface area contributed by atoms with E-state index in [0.29, 0.717) is 24.6 Å². The molecular weight excluding hydrogens is 392 g/mol. The lowest BCUT2D eigenvalue weighted by Crippen LogP contribution is -2.32. The van der Waals surface area contributed by atoms with Crippen molar-refractivity contribution in [2.24, 2.45) is 0 Å². The van der Waals surface area contributed by atoms with E-state index in [-0.39, 0.29) is 18.1 Å². The summed E-state index contributed by atoms with van der Waals surface area (Å²) >= 11 is 0. The Balaban J connectivity index is 1.63. The van der Waals surface area contributed by atoms with Crippen LogP contribution in [0.4, 0.5) is 0 Å². The zero-order valence-corrected chi connectivity index (χ0v) is 18.6. The number of aromatic nitrogens is 5. The molecule has 0 aliphatic carbocycles. The molecule has 31 heavy (non-hydrogen) atoms. The number of aromatic amines is 1. The highest BCUT2D eigenvalue weighted by molar-refractivity contribution is 5.95. The van der Waals surface area contributed by atoms with Crippen molar-refractivity contribution >= 4 is 5.91 Å². The van der Waals surface area contributed by atoms with E-state index < -0.39 is 0 Å². The zero-order valence-electron chi connectivity index (χ0n) is 18.6. The first-order chi connectivity index (χ1) is 15.1. The van der Waals surface area contributed by atoms with E-state index in [0.717, 1.165) is 35.6 Å². The lowest BCUT2D eigenvalue weighted by atomic mass is 10.1. The van der Waals surface area contributed by atoms with Crippen molar-refractivity contribution < 1.29 is 9.53 Å². The van der Waals surface area contributed by atoms with Crippen LogP contribution < -0.4 is 0 Å². The maximum atomic E-state index is 13.6. The molecule has 0 unspecified atom stereocenters. The quantitative estimate of drug-likeness (QED) is 0.623. The Labute approximate surface area is 182 Å². The molecule has 4 rings (SSSR count). The average molecular weight is 423 g/mol. The van der Waals surface area contributed by atoms with E-state index in [1.165, 1.54) is 0 Å². The molecule has 0 radical (unpaired) electrons. The first-order valence-corrected chi connectivity index (χ1v) is 10.9. The highest BCUT2D eigenvalue weighted by atomic mass is 16.5. The summed E-state index contributed by atoms with van der Waals surface area (Å²) < 4.78 is 7.60. The van der Waals surface area contributed by atoms with Crippen LogP contribution in [0.25, 0.3) is 11.3 Å². The fraction of sp³-hybridized carbons (Fsp3) is 0.478. The van der Waals surface area contributed by atoms with Gasteiger partial charge in [-0.2, -0.15) is 5.10 Å². The number of rotatable bonds is 7. The SMILES string of the molecule is CCC(CC)n1ncc(C(=O)N2C[C@@H](OC)C[C@H]2c2ncc(-c3cccnc3)[nH]2)c1C. The van der Waals surface area contributed by atoms with Crippen molar-refractivity contribution in [1.29, 1.82) is 0 Å². The number of H-pyrrole nitrogens is 1. The van der Waals surface area contributed by atoms with Gasteiger partial charge in [0, 0.05) is 43.7 Å². The topological polar surface area (TPSA) is 88.9 Å². The molecule has 1 saturated heterocycles. The monoisotopic (exact) mass is 422 g/mol. The number of nitrogens with zero attached hydrogens (tertiary/aromatic N) is 5. The predicted octanol–water partition coefficient (Wildman–Crippen LogP) is 3.94. The van der Waals surface area contributed by atoms with E-state index in [1.54, 1.807) is 31.9 Å².